The van der Waals surface area contributed by atoms with Gasteiger partial charge in [-0.3, -0.25) is 9.79 Å². The minimum atomic E-state index is -0.736. The molecule has 0 aliphatic heterocycles. The molecule has 3 amide bonds. The molecular weight excluding hydrogens is 386 g/mol. The highest BCUT2D eigenvalue weighted by molar-refractivity contribution is 6.33. The number of hydrogen-bond acceptors (Lipinski definition) is 7. The fourth-order valence-electron chi connectivity index (χ4n) is 2.72. The zero-order valence-corrected chi connectivity index (χ0v) is 17.5. The smallest absolute Gasteiger partial charge is 0.312 e. The molecule has 1 aromatic carbocycles. The number of carbonyl (C=O) groups excluding carboxylic acids is 2. The highest BCUT2D eigenvalue weighted by Crippen LogP contribution is 2.12. The average Bonchev–Trinajstić information content (AvgIpc) is 2.69. The van der Waals surface area contributed by atoms with Crippen LogP contribution in [-0.2, 0) is 11.4 Å². The van der Waals surface area contributed by atoms with Gasteiger partial charge in [-0.15, -0.1) is 0 Å². The minimum Gasteiger partial charge on any atom is -0.392 e. The Hall–Kier alpha value is -2.98. The number of urea groups is 1. The highest BCUT2D eigenvalue weighted by Gasteiger charge is 2.18. The second kappa shape index (κ2) is 13.3. The van der Waals surface area contributed by atoms with E-state index in [1.165, 1.54) is 6.21 Å². The van der Waals surface area contributed by atoms with Gasteiger partial charge in [-0.25, -0.2) is 4.79 Å². The molecule has 166 valence electrons. The van der Waals surface area contributed by atoms with E-state index >= 15 is 0 Å². The number of hydrogen-bond donors (Lipinski definition) is 6. The van der Waals surface area contributed by atoms with Gasteiger partial charge in [0, 0.05) is 18.4 Å². The SMILES string of the molecule is CC(C)C[C@H](N)C(C=N[C@@H](CCCNC(N)=O)C(=O)Nc1ccc(CO)cc1)=NN. The quantitative estimate of drug-likeness (QED) is 0.126. The molecule has 9 N–H and O–H groups in total. The van der Waals surface area contributed by atoms with Crippen molar-refractivity contribution in [3.05, 3.63) is 29.8 Å². The summed E-state index contributed by atoms with van der Waals surface area (Å²) in [6.07, 6.45) is 2.98. The predicted molar refractivity (Wildman–Crippen MR) is 119 cm³/mol. The van der Waals surface area contributed by atoms with Gasteiger partial charge < -0.3 is 33.1 Å². The summed E-state index contributed by atoms with van der Waals surface area (Å²) in [5.74, 6) is 5.48. The van der Waals surface area contributed by atoms with Crippen LogP contribution in [0.3, 0.4) is 0 Å². The van der Waals surface area contributed by atoms with E-state index in [2.05, 4.69) is 20.7 Å². The molecule has 0 spiro atoms. The molecule has 10 heteroatoms. The number of hydrazone groups is 1. The largest absolute Gasteiger partial charge is 0.392 e. The molecule has 0 aliphatic rings. The number of nitrogens with zero attached hydrogens (tertiary/aromatic N) is 2. The van der Waals surface area contributed by atoms with Crippen LogP contribution in [0.5, 0.6) is 0 Å². The van der Waals surface area contributed by atoms with Gasteiger partial charge in [0.15, 0.2) is 0 Å². The molecule has 0 bridgehead atoms. The predicted octanol–water partition coefficient (Wildman–Crippen LogP) is 0.693. The fourth-order valence-corrected chi connectivity index (χ4v) is 2.72. The molecule has 0 radical (unpaired) electrons. The average molecular weight is 420 g/mol. The van der Waals surface area contributed by atoms with E-state index in [9.17, 15) is 9.59 Å². The number of nitrogens with one attached hydrogen (secondary N) is 2. The molecule has 0 fully saturated rings. The number of aliphatic hydroxyl groups is 1. The summed E-state index contributed by atoms with van der Waals surface area (Å²) in [5, 5.41) is 18.1. The number of benzene rings is 1. The lowest BCUT2D eigenvalue weighted by Crippen LogP contribution is -2.35. The summed E-state index contributed by atoms with van der Waals surface area (Å²) < 4.78 is 0. The van der Waals surface area contributed by atoms with Gasteiger partial charge in [-0.05, 0) is 42.9 Å². The second-order valence-electron chi connectivity index (χ2n) is 7.36. The van der Waals surface area contributed by atoms with Crippen molar-refractivity contribution < 1.29 is 14.7 Å². The zero-order valence-electron chi connectivity index (χ0n) is 17.5. The first kappa shape index (κ1) is 25.1. The molecular formula is C20H33N7O3. The van der Waals surface area contributed by atoms with Crippen LogP contribution in [0.15, 0.2) is 34.4 Å². The van der Waals surface area contributed by atoms with E-state index in [4.69, 9.17) is 22.4 Å². The summed E-state index contributed by atoms with van der Waals surface area (Å²) in [5.41, 5.74) is 12.9. The van der Waals surface area contributed by atoms with Crippen LogP contribution in [0.2, 0.25) is 0 Å². The van der Waals surface area contributed by atoms with Gasteiger partial charge in [0.1, 0.15) is 6.04 Å². The third-order valence-electron chi connectivity index (χ3n) is 4.30. The number of anilines is 1. The maximum Gasteiger partial charge on any atom is 0.312 e. The number of carbonyl (C=O) groups is 2. The Morgan fingerprint density at radius 3 is 2.43 bits per heavy atom. The Labute approximate surface area is 177 Å². The molecule has 0 saturated carbocycles. The summed E-state index contributed by atoms with van der Waals surface area (Å²) in [4.78, 5) is 27.9. The number of primary amides is 1. The molecule has 0 aliphatic carbocycles. The number of amides is 3. The minimum absolute atomic E-state index is 0.0775. The zero-order chi connectivity index (χ0) is 22.5. The van der Waals surface area contributed by atoms with E-state index in [1.807, 2.05) is 13.8 Å². The standard InChI is InChI=1S/C20H33N7O3/c1-13(2)10-16(21)18(27-23)11-25-17(4-3-9-24-20(22)30)19(29)26-15-7-5-14(12-28)6-8-15/h5-8,11,13,16-17,28H,3-4,9-10,12,21,23H2,1-2H3,(H,26,29)(H3,22,24,30)/t16-,17-/m0/s1. The van der Waals surface area contributed by atoms with Crippen LogP contribution < -0.4 is 27.9 Å². The highest BCUT2D eigenvalue weighted by atomic mass is 16.3. The van der Waals surface area contributed by atoms with Crippen molar-refractivity contribution in [2.45, 2.75) is 51.8 Å². The van der Waals surface area contributed by atoms with Gasteiger partial charge in [0.05, 0.1) is 18.4 Å². The van der Waals surface area contributed by atoms with Crippen LogP contribution >= 0.6 is 0 Å². The van der Waals surface area contributed by atoms with Crippen molar-refractivity contribution in [1.82, 2.24) is 5.32 Å². The first-order valence-corrected chi connectivity index (χ1v) is 9.87. The molecule has 30 heavy (non-hydrogen) atoms. The molecule has 1 rings (SSSR count). The van der Waals surface area contributed by atoms with Crippen LogP contribution in [0.25, 0.3) is 0 Å². The Morgan fingerprint density at radius 2 is 1.90 bits per heavy atom. The van der Waals surface area contributed by atoms with Crippen molar-refractivity contribution in [1.29, 1.82) is 0 Å². The second-order valence-corrected chi connectivity index (χ2v) is 7.36. The van der Waals surface area contributed by atoms with Crippen molar-refractivity contribution >= 4 is 29.6 Å². The molecule has 0 saturated heterocycles. The van der Waals surface area contributed by atoms with Gasteiger partial charge in [0.25, 0.3) is 0 Å². The van der Waals surface area contributed by atoms with Crippen molar-refractivity contribution in [2.24, 2.45) is 33.3 Å². The summed E-state index contributed by atoms with van der Waals surface area (Å²) in [7, 11) is 0. The van der Waals surface area contributed by atoms with Crippen molar-refractivity contribution in [2.75, 3.05) is 11.9 Å². The topological polar surface area (TPSA) is 181 Å². The molecule has 1 aromatic rings. The number of nitrogens with two attached hydrogens (primary N) is 3. The Kier molecular flexibility index (Phi) is 11.1. The van der Waals surface area contributed by atoms with Crippen LogP contribution in [-0.4, -0.2) is 47.6 Å². The summed E-state index contributed by atoms with van der Waals surface area (Å²) in [6.45, 7) is 4.32. The van der Waals surface area contributed by atoms with Crippen LogP contribution in [0.1, 0.15) is 38.7 Å². The lowest BCUT2D eigenvalue weighted by Gasteiger charge is -2.16. The first-order chi connectivity index (χ1) is 14.3. The van der Waals surface area contributed by atoms with Gasteiger partial charge in [-0.1, -0.05) is 26.0 Å². The van der Waals surface area contributed by atoms with E-state index in [0.717, 1.165) is 5.56 Å². The van der Waals surface area contributed by atoms with E-state index in [1.54, 1.807) is 24.3 Å². The van der Waals surface area contributed by atoms with Crippen LogP contribution in [0, 0.1) is 5.92 Å². The fraction of sp³-hybridized carbons (Fsp3) is 0.500. The molecule has 0 heterocycles. The summed E-state index contributed by atoms with van der Waals surface area (Å²) in [6, 6.07) is 5.09. The number of rotatable bonds is 12. The maximum absolute atomic E-state index is 12.8. The van der Waals surface area contributed by atoms with Gasteiger partial charge in [-0.2, -0.15) is 5.10 Å². The first-order valence-electron chi connectivity index (χ1n) is 9.87. The molecule has 0 unspecified atom stereocenters. The lowest BCUT2D eigenvalue weighted by molar-refractivity contribution is -0.117. The van der Waals surface area contributed by atoms with Crippen molar-refractivity contribution in [3.63, 3.8) is 0 Å². The Morgan fingerprint density at radius 1 is 1.23 bits per heavy atom. The van der Waals surface area contributed by atoms with E-state index in [-0.39, 0.29) is 18.6 Å². The Bertz CT molecular complexity index is 732. The third kappa shape index (κ3) is 9.48. The van der Waals surface area contributed by atoms with E-state index < -0.39 is 12.1 Å². The normalized spacial score (nSPS) is 14.0. The summed E-state index contributed by atoms with van der Waals surface area (Å²) >= 11 is 0. The van der Waals surface area contributed by atoms with Crippen molar-refractivity contribution in [3.8, 4) is 0 Å². The van der Waals surface area contributed by atoms with E-state index in [0.29, 0.717) is 43.1 Å². The third-order valence-corrected chi connectivity index (χ3v) is 4.30. The molecule has 10 nitrogen and oxygen atoms in total. The van der Waals surface area contributed by atoms with Gasteiger partial charge in [0.2, 0.25) is 5.91 Å². The Balaban J connectivity index is 2.87. The lowest BCUT2D eigenvalue weighted by atomic mass is 10.0. The molecule has 0 aromatic heterocycles. The monoisotopic (exact) mass is 419 g/mol. The number of aliphatic imine (C=N–C) groups is 1. The van der Waals surface area contributed by atoms with Gasteiger partial charge >= 0.3 is 6.03 Å². The number of aliphatic hydroxyl groups excluding tert-OH is 1. The van der Waals surface area contributed by atoms with Crippen LogP contribution in [0.4, 0.5) is 10.5 Å². The molecule has 2 atom stereocenters. The maximum atomic E-state index is 12.8.